The van der Waals surface area contributed by atoms with Crippen LogP contribution in [0.4, 0.5) is 0 Å². The summed E-state index contributed by atoms with van der Waals surface area (Å²) in [6.45, 7) is 3.14. The van der Waals surface area contributed by atoms with E-state index in [1.165, 1.54) is 6.92 Å². The summed E-state index contributed by atoms with van der Waals surface area (Å²) in [5, 5.41) is 5.01. The number of hydrogen-bond acceptors (Lipinski definition) is 5. The minimum atomic E-state index is -0.380. The number of rotatable bonds is 5. The van der Waals surface area contributed by atoms with Gasteiger partial charge in [0.25, 0.3) is 5.91 Å². The molecule has 0 aliphatic heterocycles. The zero-order chi connectivity index (χ0) is 22.5. The average molecular weight is 423 g/mol. The summed E-state index contributed by atoms with van der Waals surface area (Å²) in [5.41, 5.74) is 6.95. The zero-order valence-corrected chi connectivity index (χ0v) is 17.7. The van der Waals surface area contributed by atoms with Gasteiger partial charge in [-0.1, -0.05) is 48.5 Å². The molecule has 0 spiro atoms. The van der Waals surface area contributed by atoms with E-state index in [2.05, 4.69) is 10.5 Å². The number of hydrogen-bond donors (Lipinski definition) is 1. The third-order valence-corrected chi connectivity index (χ3v) is 4.89. The van der Waals surface area contributed by atoms with Gasteiger partial charge < -0.3 is 4.74 Å². The van der Waals surface area contributed by atoms with E-state index in [1.807, 2.05) is 54.6 Å². The minimum absolute atomic E-state index is 0.323. The summed E-state index contributed by atoms with van der Waals surface area (Å²) < 4.78 is 5.04. The molecule has 0 atom stereocenters. The van der Waals surface area contributed by atoms with E-state index < -0.39 is 0 Å². The molecular weight excluding hydrogens is 402 g/mol. The standard InChI is InChI=1S/C26H21N3O3/c1-17(19-12-14-21(15-13-19)32-18(2)30)28-29-26(31)23-16-25(20-8-4-3-5-9-20)27-24-11-7-6-10-22(23)24/h3-16H,1-2H3,(H,29,31)/b28-17+. The predicted octanol–water partition coefficient (Wildman–Crippen LogP) is 4.98. The van der Waals surface area contributed by atoms with Crippen molar-refractivity contribution in [1.29, 1.82) is 0 Å². The molecule has 3 aromatic carbocycles. The summed E-state index contributed by atoms with van der Waals surface area (Å²) in [5.74, 6) is -0.249. The zero-order valence-electron chi connectivity index (χ0n) is 17.7. The second-order valence-corrected chi connectivity index (χ2v) is 7.19. The van der Waals surface area contributed by atoms with Gasteiger partial charge in [0.15, 0.2) is 0 Å². The lowest BCUT2D eigenvalue weighted by molar-refractivity contribution is -0.131. The SMILES string of the molecule is CC(=O)Oc1ccc(/C(C)=N/NC(=O)c2cc(-c3ccccc3)nc3ccccc23)cc1. The van der Waals surface area contributed by atoms with Crippen molar-refractivity contribution in [2.24, 2.45) is 5.10 Å². The van der Waals surface area contributed by atoms with Crippen LogP contribution in [0.2, 0.25) is 0 Å². The fourth-order valence-electron chi connectivity index (χ4n) is 3.31. The van der Waals surface area contributed by atoms with Crippen LogP contribution >= 0.6 is 0 Å². The number of benzene rings is 3. The number of para-hydroxylation sites is 1. The highest BCUT2D eigenvalue weighted by Crippen LogP contribution is 2.24. The van der Waals surface area contributed by atoms with E-state index in [-0.39, 0.29) is 11.9 Å². The number of esters is 1. The van der Waals surface area contributed by atoms with Crippen LogP contribution in [0.25, 0.3) is 22.2 Å². The van der Waals surface area contributed by atoms with Crippen LogP contribution in [-0.2, 0) is 4.79 Å². The van der Waals surface area contributed by atoms with Crippen molar-refractivity contribution < 1.29 is 14.3 Å². The Labute approximate surface area is 185 Å². The predicted molar refractivity (Wildman–Crippen MR) is 125 cm³/mol. The first-order chi connectivity index (χ1) is 15.5. The Morgan fingerprint density at radius 2 is 1.56 bits per heavy atom. The Morgan fingerprint density at radius 3 is 2.28 bits per heavy atom. The summed E-state index contributed by atoms with van der Waals surface area (Å²) >= 11 is 0. The molecule has 0 saturated heterocycles. The molecule has 1 heterocycles. The highest BCUT2D eigenvalue weighted by Gasteiger charge is 2.14. The molecule has 0 fully saturated rings. The van der Waals surface area contributed by atoms with Crippen LogP contribution < -0.4 is 10.2 Å². The van der Waals surface area contributed by atoms with E-state index in [4.69, 9.17) is 9.72 Å². The first kappa shape index (κ1) is 20.9. The van der Waals surface area contributed by atoms with Gasteiger partial charge in [-0.25, -0.2) is 10.4 Å². The van der Waals surface area contributed by atoms with Gasteiger partial charge in [0.2, 0.25) is 0 Å². The number of carbonyl (C=O) groups is 2. The van der Waals surface area contributed by atoms with E-state index in [1.54, 1.807) is 37.3 Å². The van der Waals surface area contributed by atoms with Gasteiger partial charge in [-0.3, -0.25) is 9.59 Å². The lowest BCUT2D eigenvalue weighted by Crippen LogP contribution is -2.20. The third-order valence-electron chi connectivity index (χ3n) is 4.89. The highest BCUT2D eigenvalue weighted by molar-refractivity contribution is 6.08. The Bertz CT molecular complexity index is 1310. The number of pyridine rings is 1. The molecule has 0 saturated carbocycles. The lowest BCUT2D eigenvalue weighted by Gasteiger charge is -2.09. The molecule has 6 heteroatoms. The molecule has 0 unspecified atom stereocenters. The number of nitrogens with zero attached hydrogens (tertiary/aromatic N) is 2. The van der Waals surface area contributed by atoms with Crippen molar-refractivity contribution in [1.82, 2.24) is 10.4 Å². The van der Waals surface area contributed by atoms with Crippen molar-refractivity contribution in [3.63, 3.8) is 0 Å². The normalized spacial score (nSPS) is 11.2. The maximum atomic E-state index is 13.0. The van der Waals surface area contributed by atoms with Crippen molar-refractivity contribution >= 4 is 28.5 Å². The summed E-state index contributed by atoms with van der Waals surface area (Å²) in [7, 11) is 0. The number of carbonyl (C=O) groups excluding carboxylic acids is 2. The quantitative estimate of drug-likeness (QED) is 0.212. The van der Waals surface area contributed by atoms with Crippen molar-refractivity contribution in [2.75, 3.05) is 0 Å². The topological polar surface area (TPSA) is 80.6 Å². The first-order valence-corrected chi connectivity index (χ1v) is 10.1. The highest BCUT2D eigenvalue weighted by atomic mass is 16.5. The molecule has 6 nitrogen and oxygen atoms in total. The van der Waals surface area contributed by atoms with Gasteiger partial charge in [-0.15, -0.1) is 0 Å². The number of amides is 1. The van der Waals surface area contributed by atoms with Crippen LogP contribution in [0, 0.1) is 0 Å². The van der Waals surface area contributed by atoms with Crippen molar-refractivity contribution in [2.45, 2.75) is 13.8 Å². The second kappa shape index (κ2) is 9.22. The molecule has 1 aromatic heterocycles. The first-order valence-electron chi connectivity index (χ1n) is 10.1. The molecule has 0 aliphatic rings. The molecule has 4 aromatic rings. The monoisotopic (exact) mass is 423 g/mol. The molecular formula is C26H21N3O3. The molecule has 0 bridgehead atoms. The molecule has 1 amide bonds. The average Bonchev–Trinajstić information content (AvgIpc) is 2.82. The van der Waals surface area contributed by atoms with E-state index in [0.717, 1.165) is 27.7 Å². The number of ether oxygens (including phenoxy) is 1. The molecule has 0 radical (unpaired) electrons. The van der Waals surface area contributed by atoms with Crippen LogP contribution in [0.15, 0.2) is 90.0 Å². The Morgan fingerprint density at radius 1 is 0.875 bits per heavy atom. The van der Waals surface area contributed by atoms with Gasteiger partial charge in [0.05, 0.1) is 22.5 Å². The second-order valence-electron chi connectivity index (χ2n) is 7.19. The fraction of sp³-hybridized carbons (Fsp3) is 0.0769. The minimum Gasteiger partial charge on any atom is -0.427 e. The van der Waals surface area contributed by atoms with Gasteiger partial charge in [0, 0.05) is 17.9 Å². The summed E-state index contributed by atoms with van der Waals surface area (Å²) in [4.78, 5) is 28.8. The number of aromatic nitrogens is 1. The van der Waals surface area contributed by atoms with Crippen molar-refractivity contribution in [3.8, 4) is 17.0 Å². The van der Waals surface area contributed by atoms with Gasteiger partial charge in [-0.05, 0) is 48.9 Å². The molecule has 158 valence electrons. The molecule has 32 heavy (non-hydrogen) atoms. The fourth-order valence-corrected chi connectivity index (χ4v) is 3.31. The van der Waals surface area contributed by atoms with E-state index >= 15 is 0 Å². The number of hydrazone groups is 1. The molecule has 0 aliphatic carbocycles. The maximum Gasteiger partial charge on any atom is 0.308 e. The Hall–Kier alpha value is -4.32. The Balaban J connectivity index is 1.61. The van der Waals surface area contributed by atoms with Crippen molar-refractivity contribution in [3.05, 3.63) is 96.1 Å². The smallest absolute Gasteiger partial charge is 0.308 e. The van der Waals surface area contributed by atoms with Gasteiger partial charge in [-0.2, -0.15) is 5.10 Å². The van der Waals surface area contributed by atoms with E-state index in [9.17, 15) is 9.59 Å². The summed E-state index contributed by atoms with van der Waals surface area (Å²) in [6.07, 6.45) is 0. The van der Waals surface area contributed by atoms with E-state index in [0.29, 0.717) is 17.0 Å². The Kier molecular flexibility index (Phi) is 6.03. The van der Waals surface area contributed by atoms with Crippen LogP contribution in [0.5, 0.6) is 5.75 Å². The maximum absolute atomic E-state index is 13.0. The van der Waals surface area contributed by atoms with Crippen LogP contribution in [0.3, 0.4) is 0 Å². The third kappa shape index (κ3) is 4.70. The number of nitrogens with one attached hydrogen (secondary N) is 1. The van der Waals surface area contributed by atoms with Gasteiger partial charge >= 0.3 is 5.97 Å². The largest absolute Gasteiger partial charge is 0.427 e. The number of fused-ring (bicyclic) bond motifs is 1. The molecule has 4 rings (SSSR count). The van der Waals surface area contributed by atoms with Crippen LogP contribution in [0.1, 0.15) is 29.8 Å². The van der Waals surface area contributed by atoms with Gasteiger partial charge in [0.1, 0.15) is 5.75 Å². The summed E-state index contributed by atoms with van der Waals surface area (Å²) in [6, 6.07) is 26.0. The lowest BCUT2D eigenvalue weighted by atomic mass is 10.0. The van der Waals surface area contributed by atoms with Crippen LogP contribution in [-0.4, -0.2) is 22.6 Å². The molecule has 1 N–H and O–H groups in total.